The van der Waals surface area contributed by atoms with Crippen LogP contribution in [0.15, 0.2) is 42.5 Å². The Morgan fingerprint density at radius 1 is 1.10 bits per heavy atom. The van der Waals surface area contributed by atoms with Gasteiger partial charge in [-0.2, -0.15) is 0 Å². The van der Waals surface area contributed by atoms with Gasteiger partial charge >= 0.3 is 5.97 Å². The zero-order chi connectivity index (χ0) is 14.5. The van der Waals surface area contributed by atoms with Gasteiger partial charge in [0, 0.05) is 11.1 Å². The van der Waals surface area contributed by atoms with Crippen LogP contribution < -0.4 is 4.74 Å². The minimum Gasteiger partial charge on any atom is -0.487 e. The van der Waals surface area contributed by atoms with Crippen LogP contribution in [0.3, 0.4) is 0 Å². The van der Waals surface area contributed by atoms with Crippen molar-refractivity contribution >= 4 is 29.2 Å². The van der Waals surface area contributed by atoms with Gasteiger partial charge in [0.15, 0.2) is 0 Å². The lowest BCUT2D eigenvalue weighted by atomic mass is 10.1. The minimum atomic E-state index is -0.877. The fraction of sp³-hybridized carbons (Fsp3) is 0.133. The van der Waals surface area contributed by atoms with Gasteiger partial charge in [-0.1, -0.05) is 47.5 Å². The Balaban J connectivity index is 2.14. The first-order valence-corrected chi connectivity index (χ1v) is 6.68. The van der Waals surface area contributed by atoms with Crippen LogP contribution in [0.2, 0.25) is 10.0 Å². The molecule has 0 bridgehead atoms. The molecule has 0 saturated heterocycles. The molecule has 0 aromatic heterocycles. The third kappa shape index (κ3) is 3.89. The molecule has 0 atom stereocenters. The Hall–Kier alpha value is -1.71. The quantitative estimate of drug-likeness (QED) is 0.900. The number of benzene rings is 2. The molecule has 2 rings (SSSR count). The number of ether oxygens (including phenoxy) is 1. The number of carbonyl (C=O) groups is 1. The van der Waals surface area contributed by atoms with Gasteiger partial charge in [0.2, 0.25) is 0 Å². The molecule has 0 aliphatic rings. The summed E-state index contributed by atoms with van der Waals surface area (Å²) in [5, 5.41) is 9.87. The highest BCUT2D eigenvalue weighted by atomic mass is 35.5. The number of carboxylic acids is 1. The molecule has 3 nitrogen and oxygen atoms in total. The van der Waals surface area contributed by atoms with E-state index in [4.69, 9.17) is 33.0 Å². The Morgan fingerprint density at radius 2 is 1.80 bits per heavy atom. The lowest BCUT2D eigenvalue weighted by Crippen LogP contribution is -2.06. The average molecular weight is 311 g/mol. The molecule has 0 aliphatic carbocycles. The Bertz CT molecular complexity index is 626. The van der Waals surface area contributed by atoms with Crippen LogP contribution in [0.1, 0.15) is 11.1 Å². The molecule has 0 saturated carbocycles. The molecule has 0 radical (unpaired) electrons. The molecule has 5 heteroatoms. The Morgan fingerprint density at radius 3 is 2.50 bits per heavy atom. The van der Waals surface area contributed by atoms with Crippen molar-refractivity contribution in [2.24, 2.45) is 0 Å². The zero-order valence-corrected chi connectivity index (χ0v) is 12.0. The van der Waals surface area contributed by atoms with Crippen LogP contribution in [-0.4, -0.2) is 11.1 Å². The zero-order valence-electron chi connectivity index (χ0n) is 10.5. The van der Waals surface area contributed by atoms with E-state index in [1.807, 2.05) is 12.1 Å². The lowest BCUT2D eigenvalue weighted by molar-refractivity contribution is -0.136. The minimum absolute atomic E-state index is 0.0389. The maximum absolute atomic E-state index is 10.8. The van der Waals surface area contributed by atoms with Gasteiger partial charge in [-0.3, -0.25) is 4.79 Å². The van der Waals surface area contributed by atoms with Crippen molar-refractivity contribution in [3.8, 4) is 5.75 Å². The largest absolute Gasteiger partial charge is 0.487 e. The summed E-state index contributed by atoms with van der Waals surface area (Å²) >= 11 is 11.9. The number of hydrogen-bond donors (Lipinski definition) is 1. The van der Waals surface area contributed by atoms with Crippen LogP contribution >= 0.6 is 23.2 Å². The summed E-state index contributed by atoms with van der Waals surface area (Å²) < 4.78 is 5.62. The van der Waals surface area contributed by atoms with Gasteiger partial charge in [0.25, 0.3) is 0 Å². The van der Waals surface area contributed by atoms with Crippen LogP contribution in [0, 0.1) is 0 Å². The van der Waals surface area contributed by atoms with E-state index >= 15 is 0 Å². The topological polar surface area (TPSA) is 46.5 Å². The van der Waals surface area contributed by atoms with E-state index in [1.54, 1.807) is 30.3 Å². The summed E-state index contributed by atoms with van der Waals surface area (Å²) in [5.41, 5.74) is 1.53. The first-order chi connectivity index (χ1) is 9.56. The summed E-state index contributed by atoms with van der Waals surface area (Å²) in [5.74, 6) is -0.400. The fourth-order valence-corrected chi connectivity index (χ4v) is 2.11. The van der Waals surface area contributed by atoms with E-state index in [2.05, 4.69) is 0 Å². The number of halogens is 2. The molecule has 0 aliphatic heterocycles. The van der Waals surface area contributed by atoms with Gasteiger partial charge in [-0.15, -0.1) is 0 Å². The van der Waals surface area contributed by atoms with Crippen molar-refractivity contribution in [2.75, 3.05) is 0 Å². The average Bonchev–Trinajstić information content (AvgIpc) is 2.41. The first-order valence-electron chi connectivity index (χ1n) is 5.92. The summed E-state index contributed by atoms with van der Waals surface area (Å²) in [6.45, 7) is 0.240. The van der Waals surface area contributed by atoms with Gasteiger partial charge in [0.05, 0.1) is 11.4 Å². The van der Waals surface area contributed by atoms with Crippen molar-refractivity contribution < 1.29 is 14.6 Å². The second-order valence-electron chi connectivity index (χ2n) is 4.20. The summed E-state index contributed by atoms with van der Waals surface area (Å²) in [4.78, 5) is 10.8. The third-order valence-electron chi connectivity index (χ3n) is 2.74. The van der Waals surface area contributed by atoms with Crippen molar-refractivity contribution in [2.45, 2.75) is 13.0 Å². The van der Waals surface area contributed by atoms with Crippen molar-refractivity contribution in [1.82, 2.24) is 0 Å². The van der Waals surface area contributed by atoms with E-state index < -0.39 is 5.97 Å². The summed E-state index contributed by atoms with van der Waals surface area (Å²) in [6.07, 6.45) is -0.0389. The Kier molecular flexibility index (Phi) is 4.88. The van der Waals surface area contributed by atoms with Crippen molar-refractivity contribution in [3.63, 3.8) is 0 Å². The van der Waals surface area contributed by atoms with Gasteiger partial charge in [0.1, 0.15) is 12.4 Å². The monoisotopic (exact) mass is 310 g/mol. The molecule has 0 unspecified atom stereocenters. The third-order valence-corrected chi connectivity index (χ3v) is 3.28. The molecule has 20 heavy (non-hydrogen) atoms. The second kappa shape index (κ2) is 6.64. The summed E-state index contributed by atoms with van der Waals surface area (Å²) in [6, 6.07) is 12.2. The predicted molar refractivity (Wildman–Crippen MR) is 78.6 cm³/mol. The van der Waals surface area contributed by atoms with E-state index in [0.29, 0.717) is 15.8 Å². The molecular formula is C15H12Cl2O3. The molecule has 2 aromatic carbocycles. The van der Waals surface area contributed by atoms with E-state index in [9.17, 15) is 4.79 Å². The fourth-order valence-electron chi connectivity index (χ4n) is 1.78. The number of hydrogen-bond acceptors (Lipinski definition) is 2. The molecule has 0 fully saturated rings. The smallest absolute Gasteiger partial charge is 0.307 e. The number of carboxylic acid groups (broad SMARTS) is 1. The summed E-state index contributed by atoms with van der Waals surface area (Å²) in [7, 11) is 0. The van der Waals surface area contributed by atoms with Crippen LogP contribution in [0.25, 0.3) is 0 Å². The Labute approximate surface area is 126 Å². The molecule has 1 N–H and O–H groups in total. The van der Waals surface area contributed by atoms with E-state index in [1.165, 1.54) is 0 Å². The lowest BCUT2D eigenvalue weighted by Gasteiger charge is -2.11. The first kappa shape index (κ1) is 14.7. The maximum atomic E-state index is 10.8. The van der Waals surface area contributed by atoms with E-state index in [-0.39, 0.29) is 13.0 Å². The second-order valence-corrected chi connectivity index (χ2v) is 5.05. The highest BCUT2D eigenvalue weighted by Crippen LogP contribution is 2.28. The molecule has 104 valence electrons. The number of rotatable bonds is 5. The molecule has 0 spiro atoms. The predicted octanol–water partition coefficient (Wildman–Crippen LogP) is 4.20. The normalized spacial score (nSPS) is 10.3. The van der Waals surface area contributed by atoms with Gasteiger partial charge in [-0.05, 0) is 23.3 Å². The van der Waals surface area contributed by atoms with Gasteiger partial charge < -0.3 is 9.84 Å². The van der Waals surface area contributed by atoms with Crippen molar-refractivity contribution in [1.29, 1.82) is 0 Å². The SMILES string of the molecule is O=C(O)Cc1ccccc1COc1cc(Cl)ccc1Cl. The standard InChI is InChI=1S/C15H12Cl2O3/c16-12-5-6-13(17)14(8-12)20-9-11-4-2-1-3-10(11)7-15(18)19/h1-6,8H,7,9H2,(H,18,19). The maximum Gasteiger partial charge on any atom is 0.307 e. The molecular weight excluding hydrogens is 299 g/mol. The number of aliphatic carboxylic acids is 1. The van der Waals surface area contributed by atoms with Crippen LogP contribution in [0.5, 0.6) is 5.75 Å². The molecule has 2 aromatic rings. The van der Waals surface area contributed by atoms with Crippen molar-refractivity contribution in [3.05, 3.63) is 63.6 Å². The van der Waals surface area contributed by atoms with Crippen LogP contribution in [0.4, 0.5) is 0 Å². The molecule has 0 heterocycles. The van der Waals surface area contributed by atoms with Gasteiger partial charge in [-0.25, -0.2) is 0 Å². The van der Waals surface area contributed by atoms with E-state index in [0.717, 1.165) is 11.1 Å². The highest BCUT2D eigenvalue weighted by molar-refractivity contribution is 6.34. The highest BCUT2D eigenvalue weighted by Gasteiger charge is 2.08. The van der Waals surface area contributed by atoms with Crippen LogP contribution in [-0.2, 0) is 17.8 Å². The molecule has 0 amide bonds.